The largest absolute Gasteiger partial charge is 0.352 e. The quantitative estimate of drug-likeness (QED) is 0.588. The van der Waals surface area contributed by atoms with E-state index in [4.69, 9.17) is 11.6 Å². The van der Waals surface area contributed by atoms with E-state index in [1.807, 2.05) is 24.4 Å². The van der Waals surface area contributed by atoms with Crippen LogP contribution in [0.25, 0.3) is 0 Å². The molecule has 0 atom stereocenters. The summed E-state index contributed by atoms with van der Waals surface area (Å²) in [5.41, 5.74) is 1.02. The second-order valence-electron chi connectivity index (χ2n) is 4.59. The first-order chi connectivity index (χ1) is 10.6. The number of guanidine groups is 1. The number of hydrogen-bond acceptors (Lipinski definition) is 3. The minimum atomic E-state index is 0.615. The van der Waals surface area contributed by atoms with Crippen LogP contribution in [0.15, 0.2) is 33.9 Å². The van der Waals surface area contributed by atoms with Crippen molar-refractivity contribution in [2.75, 3.05) is 7.05 Å². The van der Waals surface area contributed by atoms with Crippen LogP contribution in [0.3, 0.4) is 0 Å². The van der Waals surface area contributed by atoms with E-state index < -0.39 is 0 Å². The predicted molar refractivity (Wildman–Crippen MR) is 97.7 cm³/mol. The van der Waals surface area contributed by atoms with Gasteiger partial charge in [-0.2, -0.15) is 0 Å². The minimum Gasteiger partial charge on any atom is -0.352 e. The van der Waals surface area contributed by atoms with Gasteiger partial charge >= 0.3 is 0 Å². The van der Waals surface area contributed by atoms with Crippen LogP contribution in [0.5, 0.6) is 0 Å². The summed E-state index contributed by atoms with van der Waals surface area (Å²) in [5, 5.41) is 8.30. The lowest BCUT2D eigenvalue weighted by Gasteiger charge is -2.12. The molecule has 0 aliphatic carbocycles. The van der Waals surface area contributed by atoms with Gasteiger partial charge in [-0.1, -0.05) is 40.5 Å². The van der Waals surface area contributed by atoms with Gasteiger partial charge in [-0.05, 0) is 24.1 Å². The van der Waals surface area contributed by atoms with Crippen molar-refractivity contribution in [1.29, 1.82) is 0 Å². The molecule has 1 aromatic carbocycles. The van der Waals surface area contributed by atoms with Crippen LogP contribution in [-0.2, 0) is 19.5 Å². The van der Waals surface area contributed by atoms with Crippen molar-refractivity contribution in [1.82, 2.24) is 15.6 Å². The van der Waals surface area contributed by atoms with Crippen molar-refractivity contribution < 1.29 is 0 Å². The van der Waals surface area contributed by atoms with Gasteiger partial charge in [0, 0.05) is 34.2 Å². The highest BCUT2D eigenvalue weighted by Gasteiger charge is 2.05. The average Bonchev–Trinajstić information content (AvgIpc) is 2.97. The number of aromatic nitrogens is 1. The Hall–Kier alpha value is -1.11. The van der Waals surface area contributed by atoms with E-state index in [2.05, 4.69) is 43.5 Å². The fraction of sp³-hybridized carbons (Fsp3) is 0.333. The molecule has 118 valence electrons. The summed E-state index contributed by atoms with van der Waals surface area (Å²) >= 11 is 11.3. The summed E-state index contributed by atoms with van der Waals surface area (Å²) in [7, 11) is 1.75. The molecule has 0 aliphatic heterocycles. The van der Waals surface area contributed by atoms with Crippen LogP contribution in [-0.4, -0.2) is 18.0 Å². The molecule has 4 nitrogen and oxygen atoms in total. The number of aryl methyl sites for hydroxylation is 1. The normalized spacial score (nSPS) is 11.5. The zero-order valence-corrected chi connectivity index (χ0v) is 15.6. The topological polar surface area (TPSA) is 49.3 Å². The van der Waals surface area contributed by atoms with Crippen LogP contribution in [0, 0.1) is 0 Å². The van der Waals surface area contributed by atoms with E-state index in [1.165, 1.54) is 4.88 Å². The molecule has 2 aromatic rings. The lowest BCUT2D eigenvalue weighted by atomic mass is 10.2. The predicted octanol–water partition coefficient (Wildman–Crippen LogP) is 3.99. The Labute approximate surface area is 148 Å². The maximum atomic E-state index is 6.21. The van der Waals surface area contributed by atoms with Crippen molar-refractivity contribution in [2.45, 2.75) is 26.4 Å². The molecule has 0 saturated carbocycles. The van der Waals surface area contributed by atoms with E-state index >= 15 is 0 Å². The number of nitrogens with zero attached hydrogens (tertiary/aromatic N) is 2. The summed E-state index contributed by atoms with van der Waals surface area (Å²) in [6.07, 6.45) is 2.95. The zero-order valence-electron chi connectivity index (χ0n) is 12.5. The van der Waals surface area contributed by atoms with Crippen LogP contribution in [0.1, 0.15) is 22.4 Å². The number of halogens is 2. The molecule has 1 aromatic heterocycles. The first kappa shape index (κ1) is 17.2. The first-order valence-electron chi connectivity index (χ1n) is 6.94. The SMILES string of the molecule is CCc1cnc(CNC(=NC)NCc2ccc(Br)cc2Cl)s1. The van der Waals surface area contributed by atoms with E-state index in [-0.39, 0.29) is 0 Å². The average molecular weight is 402 g/mol. The number of rotatable bonds is 5. The van der Waals surface area contributed by atoms with Crippen molar-refractivity contribution >= 4 is 44.8 Å². The van der Waals surface area contributed by atoms with Crippen molar-refractivity contribution in [2.24, 2.45) is 4.99 Å². The molecule has 2 rings (SSSR count). The third-order valence-corrected chi connectivity index (χ3v) is 5.03. The van der Waals surface area contributed by atoms with Gasteiger partial charge in [-0.25, -0.2) is 4.98 Å². The molecule has 0 radical (unpaired) electrons. The monoisotopic (exact) mass is 400 g/mol. The van der Waals surface area contributed by atoms with Crippen molar-refractivity contribution in [3.05, 3.63) is 49.3 Å². The van der Waals surface area contributed by atoms with Gasteiger partial charge in [0.15, 0.2) is 5.96 Å². The molecular weight excluding hydrogens is 384 g/mol. The smallest absolute Gasteiger partial charge is 0.191 e. The Balaban J connectivity index is 1.87. The third kappa shape index (κ3) is 4.97. The second-order valence-corrected chi connectivity index (χ2v) is 7.11. The molecule has 0 spiro atoms. The molecule has 22 heavy (non-hydrogen) atoms. The Morgan fingerprint density at radius 1 is 1.36 bits per heavy atom. The lowest BCUT2D eigenvalue weighted by Crippen LogP contribution is -2.36. The molecule has 7 heteroatoms. The highest BCUT2D eigenvalue weighted by molar-refractivity contribution is 9.10. The van der Waals surface area contributed by atoms with E-state index in [9.17, 15) is 0 Å². The zero-order chi connectivity index (χ0) is 15.9. The molecule has 0 unspecified atom stereocenters. The number of aliphatic imine (C=N–C) groups is 1. The summed E-state index contributed by atoms with van der Waals surface area (Å²) in [4.78, 5) is 9.89. The Bertz CT molecular complexity index is 657. The van der Waals surface area contributed by atoms with Gasteiger partial charge in [0.25, 0.3) is 0 Å². The summed E-state index contributed by atoms with van der Waals surface area (Å²) in [6, 6.07) is 5.85. The summed E-state index contributed by atoms with van der Waals surface area (Å²) in [6.45, 7) is 3.41. The van der Waals surface area contributed by atoms with Gasteiger partial charge < -0.3 is 10.6 Å². The third-order valence-electron chi connectivity index (χ3n) is 3.04. The molecule has 0 fully saturated rings. The van der Waals surface area contributed by atoms with Gasteiger partial charge in [0.1, 0.15) is 5.01 Å². The van der Waals surface area contributed by atoms with E-state index in [0.717, 1.165) is 32.4 Å². The maximum absolute atomic E-state index is 6.21. The van der Waals surface area contributed by atoms with Gasteiger partial charge in [0.05, 0.1) is 6.54 Å². The number of benzene rings is 1. The van der Waals surface area contributed by atoms with Crippen molar-refractivity contribution in [3.8, 4) is 0 Å². The van der Waals surface area contributed by atoms with E-state index in [1.54, 1.807) is 18.4 Å². The molecule has 0 aliphatic rings. The first-order valence-corrected chi connectivity index (χ1v) is 8.93. The summed E-state index contributed by atoms with van der Waals surface area (Å²) < 4.78 is 0.972. The van der Waals surface area contributed by atoms with Gasteiger partial charge in [-0.15, -0.1) is 11.3 Å². The number of nitrogens with one attached hydrogen (secondary N) is 2. The Morgan fingerprint density at radius 2 is 2.14 bits per heavy atom. The molecule has 0 saturated heterocycles. The second kappa shape index (κ2) is 8.50. The fourth-order valence-corrected chi connectivity index (χ4v) is 3.36. The fourth-order valence-electron chi connectivity index (χ4n) is 1.82. The lowest BCUT2D eigenvalue weighted by molar-refractivity contribution is 0.805. The van der Waals surface area contributed by atoms with Crippen LogP contribution < -0.4 is 10.6 Å². The highest BCUT2D eigenvalue weighted by Crippen LogP contribution is 2.21. The van der Waals surface area contributed by atoms with Crippen LogP contribution >= 0.6 is 38.9 Å². The van der Waals surface area contributed by atoms with E-state index in [0.29, 0.717) is 13.1 Å². The highest BCUT2D eigenvalue weighted by atomic mass is 79.9. The van der Waals surface area contributed by atoms with Gasteiger partial charge in [0.2, 0.25) is 0 Å². The molecule has 0 bridgehead atoms. The molecule has 2 N–H and O–H groups in total. The van der Waals surface area contributed by atoms with Crippen LogP contribution in [0.2, 0.25) is 5.02 Å². The number of hydrogen-bond donors (Lipinski definition) is 2. The maximum Gasteiger partial charge on any atom is 0.191 e. The molecular formula is C15H18BrClN4S. The Morgan fingerprint density at radius 3 is 2.77 bits per heavy atom. The molecule has 0 amide bonds. The summed E-state index contributed by atoms with van der Waals surface area (Å²) in [5.74, 6) is 0.729. The van der Waals surface area contributed by atoms with Crippen LogP contribution in [0.4, 0.5) is 0 Å². The number of thiazole rings is 1. The van der Waals surface area contributed by atoms with Crippen molar-refractivity contribution in [3.63, 3.8) is 0 Å². The minimum absolute atomic E-state index is 0.615. The Kier molecular flexibility index (Phi) is 6.67. The van der Waals surface area contributed by atoms with Gasteiger partial charge in [-0.3, -0.25) is 4.99 Å². The molecule has 1 heterocycles. The standard InChI is InChI=1S/C15H18BrClN4S/c1-3-12-8-19-14(22-12)9-21-15(18-2)20-7-10-4-5-11(16)6-13(10)17/h4-6,8H,3,7,9H2,1-2H3,(H2,18,20,21).